The first kappa shape index (κ1) is 17.7. The molecule has 3 unspecified atom stereocenters. The Bertz CT molecular complexity index is 508. The highest BCUT2D eigenvalue weighted by atomic mass is 19.4. The van der Waals surface area contributed by atoms with Gasteiger partial charge in [-0.3, -0.25) is 10.1 Å². The van der Waals surface area contributed by atoms with E-state index in [9.17, 15) is 23.1 Å². The minimum Gasteiger partial charge on any atom is -0.391 e. The molecule has 4 nitrogen and oxygen atoms in total. The second-order valence-corrected chi connectivity index (χ2v) is 5.79. The zero-order chi connectivity index (χ0) is 16.9. The van der Waals surface area contributed by atoms with Crippen LogP contribution in [-0.4, -0.2) is 35.9 Å². The molecule has 0 aliphatic heterocycles. The lowest BCUT2D eigenvalue weighted by Gasteiger charge is -2.29. The molecule has 2 rings (SSSR count). The second kappa shape index (κ2) is 7.79. The molecular weight excluding hydrogens is 309 g/mol. The third kappa shape index (κ3) is 5.21. The van der Waals surface area contributed by atoms with Gasteiger partial charge in [0.25, 0.3) is 0 Å². The zero-order valence-electron chi connectivity index (χ0n) is 12.6. The molecule has 0 radical (unpaired) electrons. The van der Waals surface area contributed by atoms with Crippen LogP contribution < -0.4 is 10.6 Å². The normalized spacial score (nSPS) is 23.3. The summed E-state index contributed by atoms with van der Waals surface area (Å²) in [6.45, 7) is -0.456. The molecule has 0 saturated heterocycles. The number of hydrogen-bond donors (Lipinski definition) is 3. The van der Waals surface area contributed by atoms with Crippen LogP contribution in [0.5, 0.6) is 0 Å². The van der Waals surface area contributed by atoms with Gasteiger partial charge in [0, 0.05) is 0 Å². The maximum absolute atomic E-state index is 13.1. The van der Waals surface area contributed by atoms with E-state index in [-0.39, 0.29) is 11.6 Å². The van der Waals surface area contributed by atoms with Crippen molar-refractivity contribution in [3.8, 4) is 0 Å². The van der Waals surface area contributed by atoms with Crippen molar-refractivity contribution in [1.82, 2.24) is 10.6 Å². The van der Waals surface area contributed by atoms with Crippen LogP contribution in [0.15, 0.2) is 30.3 Å². The van der Waals surface area contributed by atoms with Crippen molar-refractivity contribution in [3.05, 3.63) is 35.9 Å². The highest BCUT2D eigenvalue weighted by Gasteiger charge is 2.40. The molecule has 0 aromatic heterocycles. The van der Waals surface area contributed by atoms with Gasteiger partial charge < -0.3 is 10.4 Å². The SMILES string of the molecule is O=C(CNC(c1ccccc1)C(F)(F)F)NC1CCCCC1O. The monoisotopic (exact) mass is 330 g/mol. The average Bonchev–Trinajstić information content (AvgIpc) is 2.49. The minimum atomic E-state index is -4.49. The highest BCUT2D eigenvalue weighted by Crippen LogP contribution is 2.32. The number of hydrogen-bond acceptors (Lipinski definition) is 3. The van der Waals surface area contributed by atoms with Gasteiger partial charge in [-0.05, 0) is 18.4 Å². The fourth-order valence-electron chi connectivity index (χ4n) is 2.80. The summed E-state index contributed by atoms with van der Waals surface area (Å²) in [5, 5.41) is 14.7. The molecule has 0 bridgehead atoms. The molecule has 7 heteroatoms. The van der Waals surface area contributed by atoms with E-state index >= 15 is 0 Å². The number of aliphatic hydroxyl groups is 1. The minimum absolute atomic E-state index is 0.0606. The van der Waals surface area contributed by atoms with E-state index in [0.717, 1.165) is 12.8 Å². The predicted octanol–water partition coefficient (Wildman–Crippen LogP) is 2.30. The maximum Gasteiger partial charge on any atom is 0.407 e. The molecule has 1 aromatic rings. The summed E-state index contributed by atoms with van der Waals surface area (Å²) >= 11 is 0. The van der Waals surface area contributed by atoms with Gasteiger partial charge in [-0.25, -0.2) is 0 Å². The summed E-state index contributed by atoms with van der Waals surface area (Å²) < 4.78 is 39.4. The van der Waals surface area contributed by atoms with Crippen molar-refractivity contribution in [2.24, 2.45) is 0 Å². The number of carbonyl (C=O) groups excluding carboxylic acids is 1. The first-order chi connectivity index (χ1) is 10.9. The van der Waals surface area contributed by atoms with E-state index in [4.69, 9.17) is 0 Å². The highest BCUT2D eigenvalue weighted by molar-refractivity contribution is 5.78. The van der Waals surface area contributed by atoms with Crippen LogP contribution in [0.3, 0.4) is 0 Å². The van der Waals surface area contributed by atoms with Crippen LogP contribution in [-0.2, 0) is 4.79 Å². The van der Waals surface area contributed by atoms with Crippen molar-refractivity contribution in [2.45, 2.75) is 50.0 Å². The summed E-state index contributed by atoms with van der Waals surface area (Å²) in [4.78, 5) is 11.9. The Labute approximate surface area is 133 Å². The number of benzene rings is 1. The third-order valence-corrected chi connectivity index (χ3v) is 4.00. The van der Waals surface area contributed by atoms with Gasteiger partial charge in [0.05, 0.1) is 18.7 Å². The van der Waals surface area contributed by atoms with Crippen molar-refractivity contribution < 1.29 is 23.1 Å². The summed E-state index contributed by atoms with van der Waals surface area (Å²) in [7, 11) is 0. The summed E-state index contributed by atoms with van der Waals surface area (Å²) in [5.74, 6) is -0.541. The molecule has 1 aliphatic rings. The van der Waals surface area contributed by atoms with Crippen LogP contribution in [0.25, 0.3) is 0 Å². The van der Waals surface area contributed by atoms with Gasteiger partial charge in [-0.15, -0.1) is 0 Å². The van der Waals surface area contributed by atoms with Gasteiger partial charge in [0.1, 0.15) is 6.04 Å². The lowest BCUT2D eigenvalue weighted by molar-refractivity contribution is -0.158. The lowest BCUT2D eigenvalue weighted by atomic mass is 9.92. The van der Waals surface area contributed by atoms with Crippen molar-refractivity contribution in [2.75, 3.05) is 6.54 Å². The first-order valence-corrected chi connectivity index (χ1v) is 7.70. The Morgan fingerprint density at radius 3 is 2.48 bits per heavy atom. The summed E-state index contributed by atoms with van der Waals surface area (Å²) in [6.07, 6.45) is -2.07. The molecule has 1 amide bonds. The van der Waals surface area contributed by atoms with E-state index < -0.39 is 30.8 Å². The predicted molar refractivity (Wildman–Crippen MR) is 79.6 cm³/mol. The van der Waals surface area contributed by atoms with E-state index in [1.165, 1.54) is 24.3 Å². The molecule has 1 aliphatic carbocycles. The molecule has 1 aromatic carbocycles. The van der Waals surface area contributed by atoms with Gasteiger partial charge in [-0.1, -0.05) is 43.2 Å². The van der Waals surface area contributed by atoms with Crippen molar-refractivity contribution in [3.63, 3.8) is 0 Å². The molecule has 1 fully saturated rings. The second-order valence-electron chi connectivity index (χ2n) is 5.79. The van der Waals surface area contributed by atoms with E-state index in [2.05, 4.69) is 10.6 Å². The molecule has 3 atom stereocenters. The molecule has 128 valence electrons. The number of rotatable bonds is 5. The van der Waals surface area contributed by atoms with E-state index in [1.807, 2.05) is 0 Å². The Morgan fingerprint density at radius 1 is 1.22 bits per heavy atom. The molecule has 0 spiro atoms. The zero-order valence-corrected chi connectivity index (χ0v) is 12.6. The smallest absolute Gasteiger partial charge is 0.391 e. The van der Waals surface area contributed by atoms with E-state index in [1.54, 1.807) is 6.07 Å². The number of amides is 1. The fourth-order valence-corrected chi connectivity index (χ4v) is 2.80. The Balaban J connectivity index is 1.92. The number of halogens is 3. The standard InChI is InChI=1S/C16H21F3N2O2/c17-16(18,19)15(11-6-2-1-3-7-11)20-10-14(23)21-12-8-4-5-9-13(12)22/h1-3,6-7,12-13,15,20,22H,4-5,8-10H2,(H,21,23). The lowest BCUT2D eigenvalue weighted by Crippen LogP contribution is -2.49. The third-order valence-electron chi connectivity index (χ3n) is 4.00. The number of alkyl halides is 3. The topological polar surface area (TPSA) is 61.4 Å². The molecule has 23 heavy (non-hydrogen) atoms. The number of aliphatic hydroxyl groups excluding tert-OH is 1. The molecular formula is C16H21F3N2O2. The number of nitrogens with one attached hydrogen (secondary N) is 2. The van der Waals surface area contributed by atoms with Crippen molar-refractivity contribution in [1.29, 1.82) is 0 Å². The van der Waals surface area contributed by atoms with Gasteiger partial charge in [0.15, 0.2) is 0 Å². The molecule has 3 N–H and O–H groups in total. The van der Waals surface area contributed by atoms with Gasteiger partial charge in [0.2, 0.25) is 5.91 Å². The van der Waals surface area contributed by atoms with Crippen molar-refractivity contribution >= 4 is 5.91 Å². The Kier molecular flexibility index (Phi) is 6.01. The van der Waals surface area contributed by atoms with Crippen LogP contribution in [0.4, 0.5) is 13.2 Å². The maximum atomic E-state index is 13.1. The van der Waals surface area contributed by atoms with E-state index in [0.29, 0.717) is 12.8 Å². The van der Waals surface area contributed by atoms with Gasteiger partial charge in [-0.2, -0.15) is 13.2 Å². The largest absolute Gasteiger partial charge is 0.407 e. The molecule has 1 saturated carbocycles. The fraction of sp³-hybridized carbons (Fsp3) is 0.562. The van der Waals surface area contributed by atoms with Crippen LogP contribution >= 0.6 is 0 Å². The summed E-state index contributed by atoms with van der Waals surface area (Å²) in [6, 6.07) is 5.14. The molecule has 0 heterocycles. The van der Waals surface area contributed by atoms with Gasteiger partial charge >= 0.3 is 6.18 Å². The summed E-state index contributed by atoms with van der Waals surface area (Å²) in [5.41, 5.74) is 0.0606. The Hall–Kier alpha value is -1.60. The first-order valence-electron chi connectivity index (χ1n) is 7.70. The number of carbonyl (C=O) groups is 1. The van der Waals surface area contributed by atoms with Crippen LogP contribution in [0.2, 0.25) is 0 Å². The Morgan fingerprint density at radius 2 is 1.87 bits per heavy atom. The van der Waals surface area contributed by atoms with Crippen LogP contribution in [0, 0.1) is 0 Å². The van der Waals surface area contributed by atoms with Crippen LogP contribution in [0.1, 0.15) is 37.3 Å². The quantitative estimate of drug-likeness (QED) is 0.776. The average molecular weight is 330 g/mol.